The van der Waals surface area contributed by atoms with E-state index < -0.39 is 6.04 Å². The SMILES string of the molecule is [2H]c1c([2H])c([2H])c(-c2c(-c3c4ccccc4c(-c4ccc(-c5ccccc5)cc4)c4ccccc34)ccc3c2oc2ccccc23)c([2H])c1[2H]. The van der Waals surface area contributed by atoms with Gasteiger partial charge in [-0.15, -0.1) is 0 Å². The Balaban J connectivity index is 1.41. The number of fused-ring (bicyclic) bond motifs is 5. The summed E-state index contributed by atoms with van der Waals surface area (Å²) in [5.41, 5.74) is 7.87. The Morgan fingerprint density at radius 1 is 0.356 bits per heavy atom. The minimum Gasteiger partial charge on any atom is -0.455 e. The van der Waals surface area contributed by atoms with E-state index in [2.05, 4.69) is 60.7 Å². The number of para-hydroxylation sites is 1. The lowest BCUT2D eigenvalue weighted by molar-refractivity contribution is 0.670. The maximum Gasteiger partial charge on any atom is 0.143 e. The normalized spacial score (nSPS) is 13.1. The van der Waals surface area contributed by atoms with Crippen LogP contribution in [-0.2, 0) is 0 Å². The Labute approximate surface area is 268 Å². The number of rotatable bonds is 4. The van der Waals surface area contributed by atoms with Crippen LogP contribution in [-0.4, -0.2) is 0 Å². The van der Waals surface area contributed by atoms with Gasteiger partial charge in [-0.25, -0.2) is 0 Å². The summed E-state index contributed by atoms with van der Waals surface area (Å²) < 4.78 is 50.2. The summed E-state index contributed by atoms with van der Waals surface area (Å²) in [5, 5.41) is 5.77. The molecule has 1 aromatic heterocycles. The average molecular weight is 578 g/mol. The van der Waals surface area contributed by atoms with E-state index in [0.29, 0.717) is 16.7 Å². The van der Waals surface area contributed by atoms with Gasteiger partial charge in [-0.3, -0.25) is 0 Å². The van der Waals surface area contributed by atoms with E-state index in [1.54, 1.807) is 0 Å². The second kappa shape index (κ2) is 10.4. The highest BCUT2D eigenvalue weighted by atomic mass is 16.3. The molecule has 0 spiro atoms. The molecule has 1 heterocycles. The average Bonchev–Trinajstić information content (AvgIpc) is 3.55. The molecule has 1 heteroatoms. The van der Waals surface area contributed by atoms with E-state index in [1.807, 2.05) is 78.9 Å². The summed E-state index contributed by atoms with van der Waals surface area (Å²) in [7, 11) is 0. The standard InChI is InChI=1S/C44H28O/c1-3-13-29(14-4-1)30-23-25-32(26-24-30)41-34-18-7-9-20-36(34)43(37-21-10-8-19-35(37)41)39-28-27-38-33-17-11-12-22-40(33)45-44(38)42(39)31-15-5-2-6-16-31/h1-28H/i2D,5D,6D,15D,16D. The Kier molecular flexibility index (Phi) is 4.81. The Bertz CT molecular complexity index is 2720. The van der Waals surface area contributed by atoms with Crippen LogP contribution in [0.3, 0.4) is 0 Å². The van der Waals surface area contributed by atoms with Crippen molar-refractivity contribution in [3.63, 3.8) is 0 Å². The first kappa shape index (κ1) is 20.9. The fourth-order valence-electron chi connectivity index (χ4n) is 6.81. The molecule has 1 nitrogen and oxygen atoms in total. The van der Waals surface area contributed by atoms with Crippen molar-refractivity contribution in [1.82, 2.24) is 0 Å². The zero-order chi connectivity index (χ0) is 34.1. The Morgan fingerprint density at radius 3 is 1.56 bits per heavy atom. The van der Waals surface area contributed by atoms with E-state index in [9.17, 15) is 0 Å². The molecule has 45 heavy (non-hydrogen) atoms. The topological polar surface area (TPSA) is 13.1 Å². The molecule has 0 saturated carbocycles. The third-order valence-electron chi connectivity index (χ3n) is 8.78. The fraction of sp³-hybridized carbons (Fsp3) is 0. The second-order valence-electron chi connectivity index (χ2n) is 11.2. The van der Waals surface area contributed by atoms with Crippen LogP contribution in [0.4, 0.5) is 0 Å². The quantitative estimate of drug-likeness (QED) is 0.190. The molecule has 0 radical (unpaired) electrons. The largest absolute Gasteiger partial charge is 0.455 e. The van der Waals surface area contributed by atoms with Crippen molar-refractivity contribution in [3.8, 4) is 44.5 Å². The van der Waals surface area contributed by atoms with Crippen LogP contribution in [0, 0.1) is 0 Å². The van der Waals surface area contributed by atoms with Crippen LogP contribution < -0.4 is 0 Å². The molecule has 0 saturated heterocycles. The smallest absolute Gasteiger partial charge is 0.143 e. The van der Waals surface area contributed by atoms with Gasteiger partial charge in [0.2, 0.25) is 0 Å². The minimum atomic E-state index is -0.430. The molecule has 9 rings (SSSR count). The van der Waals surface area contributed by atoms with Crippen molar-refractivity contribution in [2.24, 2.45) is 0 Å². The molecule has 0 amide bonds. The fourth-order valence-corrected chi connectivity index (χ4v) is 6.81. The Hall–Kier alpha value is -5.92. The molecule has 0 unspecified atom stereocenters. The van der Waals surface area contributed by atoms with E-state index in [4.69, 9.17) is 11.3 Å². The highest BCUT2D eigenvalue weighted by Gasteiger charge is 2.22. The van der Waals surface area contributed by atoms with Crippen molar-refractivity contribution in [2.75, 3.05) is 0 Å². The molecular formula is C44H28O. The van der Waals surface area contributed by atoms with Gasteiger partial charge in [-0.1, -0.05) is 158 Å². The van der Waals surface area contributed by atoms with Gasteiger partial charge in [0, 0.05) is 16.3 Å². The first-order chi connectivity index (χ1) is 24.4. The molecule has 0 fully saturated rings. The molecule has 0 aliphatic heterocycles. The van der Waals surface area contributed by atoms with Gasteiger partial charge in [-0.05, 0) is 72.6 Å². The van der Waals surface area contributed by atoms with E-state index in [0.717, 1.165) is 65.7 Å². The van der Waals surface area contributed by atoms with E-state index in [-0.39, 0.29) is 29.7 Å². The summed E-state index contributed by atoms with van der Waals surface area (Å²) in [6.07, 6.45) is 0. The van der Waals surface area contributed by atoms with Gasteiger partial charge >= 0.3 is 0 Å². The van der Waals surface area contributed by atoms with Crippen LogP contribution in [0.25, 0.3) is 88.0 Å². The van der Waals surface area contributed by atoms with Crippen molar-refractivity contribution in [3.05, 3.63) is 170 Å². The summed E-state index contributed by atoms with van der Waals surface area (Å²) >= 11 is 0. The van der Waals surface area contributed by atoms with Gasteiger partial charge in [0.05, 0.1) is 6.85 Å². The zero-order valence-electron chi connectivity index (χ0n) is 29.2. The van der Waals surface area contributed by atoms with Crippen LogP contribution in [0.1, 0.15) is 6.85 Å². The molecule has 0 aliphatic carbocycles. The van der Waals surface area contributed by atoms with Crippen LogP contribution >= 0.6 is 0 Å². The molecule has 210 valence electrons. The lowest BCUT2D eigenvalue weighted by Gasteiger charge is -2.20. The van der Waals surface area contributed by atoms with Gasteiger partial charge in [0.25, 0.3) is 0 Å². The number of furan rings is 1. The van der Waals surface area contributed by atoms with Crippen molar-refractivity contribution in [1.29, 1.82) is 0 Å². The molecule has 0 N–H and O–H groups in total. The summed E-state index contributed by atoms with van der Waals surface area (Å²) in [6, 6.07) is 45.6. The van der Waals surface area contributed by atoms with Crippen molar-refractivity contribution in [2.45, 2.75) is 0 Å². The molecule has 8 aromatic carbocycles. The van der Waals surface area contributed by atoms with Gasteiger partial charge in [0.1, 0.15) is 11.2 Å². The van der Waals surface area contributed by atoms with Crippen LogP contribution in [0.2, 0.25) is 0 Å². The van der Waals surface area contributed by atoms with Gasteiger partial charge < -0.3 is 4.42 Å². The van der Waals surface area contributed by atoms with Gasteiger partial charge in [-0.2, -0.15) is 0 Å². The summed E-state index contributed by atoms with van der Waals surface area (Å²) in [6.45, 7) is 0. The molecule has 0 bridgehead atoms. The summed E-state index contributed by atoms with van der Waals surface area (Å²) in [5.74, 6) is 0. The predicted molar refractivity (Wildman–Crippen MR) is 190 cm³/mol. The lowest BCUT2D eigenvalue weighted by atomic mass is 9.83. The van der Waals surface area contributed by atoms with Crippen LogP contribution in [0.15, 0.2) is 174 Å². The third-order valence-corrected chi connectivity index (χ3v) is 8.78. The van der Waals surface area contributed by atoms with Gasteiger partial charge in [0.15, 0.2) is 0 Å². The lowest BCUT2D eigenvalue weighted by Crippen LogP contribution is -1.93. The summed E-state index contributed by atoms with van der Waals surface area (Å²) in [4.78, 5) is 0. The van der Waals surface area contributed by atoms with E-state index >= 15 is 0 Å². The zero-order valence-corrected chi connectivity index (χ0v) is 24.2. The highest BCUT2D eigenvalue weighted by molar-refractivity contribution is 6.24. The molecule has 0 atom stereocenters. The first-order valence-corrected chi connectivity index (χ1v) is 15.0. The number of hydrogen-bond acceptors (Lipinski definition) is 1. The third kappa shape index (κ3) is 4.09. The second-order valence-corrected chi connectivity index (χ2v) is 11.2. The maximum atomic E-state index is 9.08. The minimum absolute atomic E-state index is 0.115. The monoisotopic (exact) mass is 577 g/mol. The number of hydrogen-bond donors (Lipinski definition) is 0. The Morgan fingerprint density at radius 2 is 0.889 bits per heavy atom. The molecular weight excluding hydrogens is 544 g/mol. The molecule has 9 aromatic rings. The van der Waals surface area contributed by atoms with Crippen LogP contribution in [0.5, 0.6) is 0 Å². The highest BCUT2D eigenvalue weighted by Crippen LogP contribution is 2.48. The maximum absolute atomic E-state index is 9.08. The molecule has 0 aliphatic rings. The predicted octanol–water partition coefficient (Wildman–Crippen LogP) is 12.6. The van der Waals surface area contributed by atoms with Crippen molar-refractivity contribution >= 4 is 43.5 Å². The number of benzene rings is 8. The van der Waals surface area contributed by atoms with E-state index in [1.165, 1.54) is 0 Å². The van der Waals surface area contributed by atoms with Crippen molar-refractivity contribution < 1.29 is 11.3 Å². The first-order valence-electron chi connectivity index (χ1n) is 17.5.